The minimum Gasteiger partial charge on any atom is -0.308 e. The van der Waals surface area contributed by atoms with Gasteiger partial charge in [-0.1, -0.05) is 13.8 Å². The lowest BCUT2D eigenvalue weighted by Gasteiger charge is -2.16. The van der Waals surface area contributed by atoms with Crippen LogP contribution in [0.15, 0.2) is 0 Å². The van der Waals surface area contributed by atoms with Gasteiger partial charge in [-0.25, -0.2) is 9.74 Å². The molecule has 80 valence electrons. The molecule has 0 aliphatic carbocycles. The van der Waals surface area contributed by atoms with E-state index in [0.717, 1.165) is 0 Å². The fraction of sp³-hybridized carbons (Fsp3) is 0.875. The second kappa shape index (κ2) is 9.25. The summed E-state index contributed by atoms with van der Waals surface area (Å²) in [5.41, 5.74) is 0. The van der Waals surface area contributed by atoms with Gasteiger partial charge < -0.3 is 9.80 Å². The monoisotopic (exact) mass is 194 g/mol. The van der Waals surface area contributed by atoms with Gasteiger partial charge >= 0.3 is 6.09 Å². The summed E-state index contributed by atoms with van der Waals surface area (Å²) in [4.78, 5) is 16.5. The van der Waals surface area contributed by atoms with E-state index >= 15 is 0 Å². The largest absolute Gasteiger partial charge is 0.447 e. The fourth-order valence-corrected chi connectivity index (χ4v) is 0.500. The van der Waals surface area contributed by atoms with E-state index in [-0.39, 0.29) is 0 Å². The van der Waals surface area contributed by atoms with E-state index in [4.69, 9.17) is 0 Å². The molecule has 0 heterocycles. The van der Waals surface area contributed by atoms with E-state index in [1.165, 1.54) is 11.9 Å². The van der Waals surface area contributed by atoms with Gasteiger partial charge in [0.15, 0.2) is 0 Å². The molecule has 0 fully saturated rings. The number of carbonyl (C=O) groups excluding carboxylic acids is 1. The van der Waals surface area contributed by atoms with E-state index < -0.39 is 6.09 Å². The summed E-state index contributed by atoms with van der Waals surface area (Å²) < 4.78 is 11.3. The molecule has 0 rings (SSSR count). The zero-order valence-corrected chi connectivity index (χ0v) is 9.00. The van der Waals surface area contributed by atoms with Crippen LogP contribution in [0.1, 0.15) is 13.8 Å². The summed E-state index contributed by atoms with van der Waals surface area (Å²) in [6.07, 6.45) is -0.952. The maximum atomic E-state index is 11.3. The zero-order valence-electron chi connectivity index (χ0n) is 9.00. The highest BCUT2D eigenvalue weighted by Gasteiger charge is 2.09. The van der Waals surface area contributed by atoms with E-state index in [1.807, 2.05) is 32.8 Å². The van der Waals surface area contributed by atoms with Gasteiger partial charge in [0, 0.05) is 24.7 Å². The summed E-state index contributed by atoms with van der Waals surface area (Å²) in [7, 11) is 5.22. The number of amides is 1. The molecule has 0 unspecified atom stereocenters. The average molecular weight is 194 g/mol. The molecule has 0 aliphatic heterocycles. The zero-order chi connectivity index (χ0) is 10.9. The first-order chi connectivity index (χ1) is 6.07. The van der Waals surface area contributed by atoms with E-state index in [2.05, 4.69) is 4.94 Å². The van der Waals surface area contributed by atoms with Crippen LogP contribution >= 0.6 is 0 Å². The summed E-state index contributed by atoms with van der Waals surface area (Å²) in [5, 5.41) is 0. The van der Waals surface area contributed by atoms with Crippen molar-refractivity contribution >= 4 is 6.09 Å². The molecule has 0 saturated heterocycles. The Hall–Kier alpha value is -0.840. The summed E-state index contributed by atoms with van der Waals surface area (Å²) in [6, 6.07) is 0. The van der Waals surface area contributed by atoms with Crippen molar-refractivity contribution in [1.29, 1.82) is 0 Å². The Bertz CT molecular complexity index is 131. The van der Waals surface area contributed by atoms with Gasteiger partial charge in [-0.3, -0.25) is 0 Å². The predicted octanol–water partition coefficient (Wildman–Crippen LogP) is 1.53. The van der Waals surface area contributed by atoms with Crippen molar-refractivity contribution in [3.8, 4) is 0 Å². The Labute approximate surface area is 79.2 Å². The number of hydrogen-bond acceptors (Lipinski definition) is 3. The van der Waals surface area contributed by atoms with Crippen LogP contribution in [0.25, 0.3) is 0 Å². The number of nitrogens with zero attached hydrogens (tertiary/aromatic N) is 2. The number of carbonyl (C=O) groups is 1. The number of likely N-dealkylation sites (N-methyl/N-ethyl adjacent to an activating group) is 2. The van der Waals surface area contributed by atoms with Gasteiger partial charge in [0.2, 0.25) is 0 Å². The highest BCUT2D eigenvalue weighted by Crippen LogP contribution is 1.90. The second-order valence-electron chi connectivity index (χ2n) is 2.57. The van der Waals surface area contributed by atoms with Crippen molar-refractivity contribution < 1.29 is 14.3 Å². The third kappa shape index (κ3) is 9.07. The van der Waals surface area contributed by atoms with E-state index in [0.29, 0.717) is 13.1 Å². The molecule has 0 aromatic heterocycles. The van der Waals surface area contributed by atoms with Crippen LogP contribution in [-0.2, 0) is 4.94 Å². The number of hydrogen-bond donors (Lipinski definition) is 0. The SMILES string of the molecule is CC.CN(C)CCN(C)C(=O)OF. The fourth-order valence-electron chi connectivity index (χ4n) is 0.500. The molecule has 0 aromatic rings. The first-order valence-electron chi connectivity index (χ1n) is 4.26. The Morgan fingerprint density at radius 2 is 1.69 bits per heavy atom. The lowest BCUT2D eigenvalue weighted by atomic mass is 10.5. The van der Waals surface area contributed by atoms with Gasteiger partial charge in [0.05, 0.1) is 0 Å². The molecule has 0 aromatic carbocycles. The normalized spacial score (nSPS) is 8.85. The van der Waals surface area contributed by atoms with Crippen molar-refractivity contribution in [1.82, 2.24) is 9.80 Å². The van der Waals surface area contributed by atoms with E-state index in [1.54, 1.807) is 0 Å². The standard InChI is InChI=1S/C6H13FN2O2.C2H6/c1-8(2)4-5-9(3)6(10)11-7;1-2/h4-5H2,1-3H3;1-2H3. The predicted molar refractivity (Wildman–Crippen MR) is 50.1 cm³/mol. The summed E-state index contributed by atoms with van der Waals surface area (Å²) >= 11 is 0. The summed E-state index contributed by atoms with van der Waals surface area (Å²) in [5.74, 6) is 0. The van der Waals surface area contributed by atoms with Crippen LogP contribution in [-0.4, -0.2) is 50.1 Å². The minimum absolute atomic E-state index is 0.454. The van der Waals surface area contributed by atoms with Crippen LogP contribution in [0.2, 0.25) is 0 Å². The van der Waals surface area contributed by atoms with E-state index in [9.17, 15) is 9.32 Å². The van der Waals surface area contributed by atoms with Crippen molar-refractivity contribution in [2.45, 2.75) is 13.8 Å². The maximum absolute atomic E-state index is 11.3. The molecule has 5 heteroatoms. The Morgan fingerprint density at radius 1 is 1.23 bits per heavy atom. The molecule has 0 aliphatic rings. The lowest BCUT2D eigenvalue weighted by Crippen LogP contribution is -2.32. The van der Waals surface area contributed by atoms with Gasteiger partial charge in [-0.2, -0.15) is 0 Å². The molecule has 13 heavy (non-hydrogen) atoms. The topological polar surface area (TPSA) is 32.8 Å². The van der Waals surface area contributed by atoms with Crippen LogP contribution in [0.4, 0.5) is 9.32 Å². The molecule has 0 saturated carbocycles. The highest BCUT2D eigenvalue weighted by molar-refractivity contribution is 5.66. The molecular weight excluding hydrogens is 175 g/mol. The van der Waals surface area contributed by atoms with Crippen molar-refractivity contribution in [3.05, 3.63) is 0 Å². The van der Waals surface area contributed by atoms with Gasteiger partial charge in [-0.05, 0) is 14.1 Å². The summed E-state index contributed by atoms with van der Waals surface area (Å²) in [6.45, 7) is 5.14. The van der Waals surface area contributed by atoms with Crippen LogP contribution in [0, 0.1) is 0 Å². The van der Waals surface area contributed by atoms with Crippen LogP contribution in [0.3, 0.4) is 0 Å². The second-order valence-corrected chi connectivity index (χ2v) is 2.57. The molecule has 1 amide bonds. The Kier molecular flexibility index (Phi) is 10.4. The van der Waals surface area contributed by atoms with Crippen molar-refractivity contribution in [2.24, 2.45) is 0 Å². The van der Waals surface area contributed by atoms with Gasteiger partial charge in [0.1, 0.15) is 0 Å². The number of rotatable bonds is 3. The quantitative estimate of drug-likeness (QED) is 0.683. The lowest BCUT2D eigenvalue weighted by molar-refractivity contribution is -0.0772. The molecule has 0 radical (unpaired) electrons. The number of halogens is 1. The Balaban J connectivity index is 0. The molecule has 0 bridgehead atoms. The van der Waals surface area contributed by atoms with Crippen molar-refractivity contribution in [3.63, 3.8) is 0 Å². The molecule has 4 nitrogen and oxygen atoms in total. The van der Waals surface area contributed by atoms with Crippen LogP contribution in [0.5, 0.6) is 0 Å². The van der Waals surface area contributed by atoms with Crippen LogP contribution < -0.4 is 0 Å². The average Bonchev–Trinajstić information content (AvgIpc) is 2.16. The Morgan fingerprint density at radius 3 is 2.00 bits per heavy atom. The molecule has 0 spiro atoms. The molecular formula is C8H19FN2O2. The smallest absolute Gasteiger partial charge is 0.308 e. The third-order valence-electron chi connectivity index (χ3n) is 1.26. The molecule has 0 N–H and O–H groups in total. The first kappa shape index (κ1) is 14.7. The highest BCUT2D eigenvalue weighted by atomic mass is 19.3. The van der Waals surface area contributed by atoms with Crippen molar-refractivity contribution in [2.75, 3.05) is 34.2 Å². The first-order valence-corrected chi connectivity index (χ1v) is 4.26. The maximum Gasteiger partial charge on any atom is 0.447 e. The molecule has 0 atom stereocenters. The van der Waals surface area contributed by atoms with Gasteiger partial charge in [0.25, 0.3) is 0 Å². The third-order valence-corrected chi connectivity index (χ3v) is 1.26. The van der Waals surface area contributed by atoms with Gasteiger partial charge in [-0.15, -0.1) is 0 Å². The minimum atomic E-state index is -0.952.